The predicted octanol–water partition coefficient (Wildman–Crippen LogP) is 1.80. The SMILES string of the molecule is NC(=S)c1ccc(NCC2COCCO2)cc1Cl. The number of anilines is 1. The van der Waals surface area contributed by atoms with Gasteiger partial charge in [0.1, 0.15) is 4.99 Å². The first kappa shape index (κ1) is 13.5. The van der Waals surface area contributed by atoms with Crippen LogP contribution >= 0.6 is 23.8 Å². The summed E-state index contributed by atoms with van der Waals surface area (Å²) < 4.78 is 10.9. The molecule has 0 bridgehead atoms. The van der Waals surface area contributed by atoms with Gasteiger partial charge in [-0.2, -0.15) is 0 Å². The van der Waals surface area contributed by atoms with Crippen LogP contribution < -0.4 is 11.1 Å². The second-order valence-corrected chi connectivity index (χ2v) is 4.85. The number of benzene rings is 1. The van der Waals surface area contributed by atoms with Crippen LogP contribution in [0.1, 0.15) is 5.56 Å². The molecule has 1 aliphatic heterocycles. The third kappa shape index (κ3) is 3.55. The lowest BCUT2D eigenvalue weighted by atomic mass is 10.2. The number of halogens is 1. The van der Waals surface area contributed by atoms with Gasteiger partial charge in [-0.3, -0.25) is 0 Å². The molecule has 98 valence electrons. The van der Waals surface area contributed by atoms with E-state index < -0.39 is 0 Å². The number of thiocarbonyl (C=S) groups is 1. The first-order chi connectivity index (χ1) is 8.66. The van der Waals surface area contributed by atoms with E-state index in [9.17, 15) is 0 Å². The Kier molecular flexibility index (Phi) is 4.77. The van der Waals surface area contributed by atoms with E-state index in [4.69, 9.17) is 39.0 Å². The number of nitrogens with one attached hydrogen (secondary N) is 1. The van der Waals surface area contributed by atoms with Crippen molar-refractivity contribution < 1.29 is 9.47 Å². The van der Waals surface area contributed by atoms with Gasteiger partial charge in [0.2, 0.25) is 0 Å². The van der Waals surface area contributed by atoms with E-state index in [-0.39, 0.29) is 6.10 Å². The van der Waals surface area contributed by atoms with Crippen molar-refractivity contribution >= 4 is 34.5 Å². The highest BCUT2D eigenvalue weighted by Gasteiger charge is 2.14. The highest BCUT2D eigenvalue weighted by atomic mass is 35.5. The molecule has 1 atom stereocenters. The minimum atomic E-state index is 0.0767. The smallest absolute Gasteiger partial charge is 0.105 e. The first-order valence-electron chi connectivity index (χ1n) is 5.69. The Morgan fingerprint density at radius 3 is 2.94 bits per heavy atom. The lowest BCUT2D eigenvalue weighted by molar-refractivity contribution is -0.0818. The van der Waals surface area contributed by atoms with Gasteiger partial charge in [-0.25, -0.2) is 0 Å². The molecule has 4 nitrogen and oxygen atoms in total. The molecule has 1 fully saturated rings. The van der Waals surface area contributed by atoms with Crippen LogP contribution in [0.4, 0.5) is 5.69 Å². The number of nitrogens with two attached hydrogens (primary N) is 1. The Balaban J connectivity index is 1.93. The van der Waals surface area contributed by atoms with Gasteiger partial charge < -0.3 is 20.5 Å². The fraction of sp³-hybridized carbons (Fsp3) is 0.417. The van der Waals surface area contributed by atoms with Gasteiger partial charge in [-0.1, -0.05) is 23.8 Å². The normalized spacial score (nSPS) is 19.5. The monoisotopic (exact) mass is 286 g/mol. The minimum absolute atomic E-state index is 0.0767. The number of ether oxygens (including phenoxy) is 2. The topological polar surface area (TPSA) is 56.5 Å². The zero-order valence-electron chi connectivity index (χ0n) is 9.82. The summed E-state index contributed by atoms with van der Waals surface area (Å²) in [6, 6.07) is 5.51. The Labute approximate surface area is 116 Å². The molecule has 3 N–H and O–H groups in total. The van der Waals surface area contributed by atoms with E-state index in [0.717, 1.165) is 5.69 Å². The predicted molar refractivity (Wildman–Crippen MR) is 76.4 cm³/mol. The molecule has 1 heterocycles. The maximum absolute atomic E-state index is 6.08. The summed E-state index contributed by atoms with van der Waals surface area (Å²) >= 11 is 11.0. The molecule has 0 saturated carbocycles. The van der Waals surface area contributed by atoms with E-state index in [1.54, 1.807) is 6.07 Å². The fourth-order valence-corrected chi connectivity index (χ4v) is 2.23. The summed E-state index contributed by atoms with van der Waals surface area (Å²) in [4.78, 5) is 0.301. The van der Waals surface area contributed by atoms with E-state index in [2.05, 4.69) is 5.32 Å². The van der Waals surface area contributed by atoms with Gasteiger partial charge in [0.05, 0.1) is 30.9 Å². The molecule has 0 aliphatic carbocycles. The van der Waals surface area contributed by atoms with E-state index in [1.165, 1.54) is 0 Å². The van der Waals surface area contributed by atoms with Crippen molar-refractivity contribution in [2.75, 3.05) is 31.7 Å². The molecule has 18 heavy (non-hydrogen) atoms. The minimum Gasteiger partial charge on any atom is -0.389 e. The van der Waals surface area contributed by atoms with Crippen molar-refractivity contribution in [3.8, 4) is 0 Å². The van der Waals surface area contributed by atoms with Gasteiger partial charge in [0.25, 0.3) is 0 Å². The van der Waals surface area contributed by atoms with Crippen LogP contribution in [0.3, 0.4) is 0 Å². The summed E-state index contributed by atoms with van der Waals surface area (Å²) in [6.07, 6.45) is 0.0767. The van der Waals surface area contributed by atoms with Gasteiger partial charge in [-0.15, -0.1) is 0 Å². The maximum atomic E-state index is 6.08. The molecule has 1 aromatic rings. The van der Waals surface area contributed by atoms with Gasteiger partial charge in [-0.05, 0) is 18.2 Å². The molecule has 0 spiro atoms. The lowest BCUT2D eigenvalue weighted by Crippen LogP contribution is -2.34. The molecule has 0 radical (unpaired) electrons. The van der Waals surface area contributed by atoms with Crippen LogP contribution in [-0.4, -0.2) is 37.5 Å². The van der Waals surface area contributed by atoms with Crippen LogP contribution in [0.5, 0.6) is 0 Å². The Morgan fingerprint density at radius 1 is 1.50 bits per heavy atom. The van der Waals surface area contributed by atoms with Crippen molar-refractivity contribution in [3.05, 3.63) is 28.8 Å². The summed E-state index contributed by atoms with van der Waals surface area (Å²) in [6.45, 7) is 2.62. The van der Waals surface area contributed by atoms with E-state index >= 15 is 0 Å². The molecule has 1 aromatic carbocycles. The molecule has 0 amide bonds. The van der Waals surface area contributed by atoms with Crippen molar-refractivity contribution in [1.82, 2.24) is 0 Å². The third-order valence-electron chi connectivity index (χ3n) is 2.65. The molecular weight excluding hydrogens is 272 g/mol. The Bertz CT molecular complexity index is 436. The fourth-order valence-electron chi connectivity index (χ4n) is 1.71. The highest BCUT2D eigenvalue weighted by Crippen LogP contribution is 2.21. The third-order valence-corrected chi connectivity index (χ3v) is 3.19. The van der Waals surface area contributed by atoms with E-state index in [0.29, 0.717) is 41.9 Å². The molecule has 1 unspecified atom stereocenters. The van der Waals surface area contributed by atoms with Gasteiger partial charge >= 0.3 is 0 Å². The number of hydrogen-bond acceptors (Lipinski definition) is 4. The van der Waals surface area contributed by atoms with Gasteiger partial charge in [0, 0.05) is 17.8 Å². The van der Waals surface area contributed by atoms with Crippen LogP contribution in [-0.2, 0) is 9.47 Å². The Morgan fingerprint density at radius 2 is 2.33 bits per heavy atom. The Hall–Kier alpha value is -0.880. The zero-order valence-corrected chi connectivity index (χ0v) is 11.4. The zero-order chi connectivity index (χ0) is 13.0. The van der Waals surface area contributed by atoms with Crippen LogP contribution in [0.25, 0.3) is 0 Å². The lowest BCUT2D eigenvalue weighted by Gasteiger charge is -2.23. The average Bonchev–Trinajstić information content (AvgIpc) is 2.37. The van der Waals surface area contributed by atoms with Crippen molar-refractivity contribution in [3.63, 3.8) is 0 Å². The first-order valence-corrected chi connectivity index (χ1v) is 6.48. The summed E-state index contributed by atoms with van der Waals surface area (Å²) in [5.41, 5.74) is 7.15. The molecule has 0 aromatic heterocycles. The van der Waals surface area contributed by atoms with Crippen molar-refractivity contribution in [2.24, 2.45) is 5.73 Å². The highest BCUT2D eigenvalue weighted by molar-refractivity contribution is 7.80. The van der Waals surface area contributed by atoms with Crippen molar-refractivity contribution in [2.45, 2.75) is 6.10 Å². The summed E-state index contributed by atoms with van der Waals surface area (Å²) in [5.74, 6) is 0. The molecule has 2 rings (SSSR count). The van der Waals surface area contributed by atoms with Gasteiger partial charge in [0.15, 0.2) is 0 Å². The summed E-state index contributed by atoms with van der Waals surface area (Å²) in [5, 5.41) is 3.80. The van der Waals surface area contributed by atoms with Crippen LogP contribution in [0.15, 0.2) is 18.2 Å². The summed E-state index contributed by atoms with van der Waals surface area (Å²) in [7, 11) is 0. The standard InChI is InChI=1S/C12H15ClN2O2S/c13-11-5-8(1-2-10(11)12(14)18)15-6-9-7-16-3-4-17-9/h1-2,5,9,15H,3-4,6-7H2,(H2,14,18). The number of rotatable bonds is 4. The molecule has 1 saturated heterocycles. The molecule has 1 aliphatic rings. The molecule has 6 heteroatoms. The quantitative estimate of drug-likeness (QED) is 0.827. The maximum Gasteiger partial charge on any atom is 0.105 e. The average molecular weight is 287 g/mol. The largest absolute Gasteiger partial charge is 0.389 e. The van der Waals surface area contributed by atoms with Crippen molar-refractivity contribution in [1.29, 1.82) is 0 Å². The molecular formula is C12H15ClN2O2S. The number of hydrogen-bond donors (Lipinski definition) is 2. The van der Waals surface area contributed by atoms with Crippen LogP contribution in [0, 0.1) is 0 Å². The van der Waals surface area contributed by atoms with Crippen LogP contribution in [0.2, 0.25) is 5.02 Å². The second kappa shape index (κ2) is 6.33. The van der Waals surface area contributed by atoms with E-state index in [1.807, 2.05) is 12.1 Å². The second-order valence-electron chi connectivity index (χ2n) is 4.01.